The van der Waals surface area contributed by atoms with Crippen molar-refractivity contribution in [2.75, 3.05) is 6.61 Å². The Labute approximate surface area is 99.7 Å². The number of hydrogen-bond donors (Lipinski definition) is 0. The number of rotatable bonds is 4. The van der Waals surface area contributed by atoms with Crippen molar-refractivity contribution in [3.8, 4) is 0 Å². The number of esters is 1. The topological polar surface area (TPSA) is 61.2 Å². The molecule has 0 radical (unpaired) electrons. The van der Waals surface area contributed by atoms with Gasteiger partial charge in [-0.2, -0.15) is 0 Å². The number of carbonyl (C=O) groups is 1. The van der Waals surface area contributed by atoms with Crippen molar-refractivity contribution in [3.05, 3.63) is 40.1 Å². The highest BCUT2D eigenvalue weighted by molar-refractivity contribution is 5.87. The predicted molar refractivity (Wildman–Crippen MR) is 63.7 cm³/mol. The van der Waals surface area contributed by atoms with Gasteiger partial charge in [0.05, 0.1) is 13.2 Å². The minimum absolute atomic E-state index is 0.108. The Hall–Kier alpha value is -1.91. The van der Waals surface area contributed by atoms with E-state index in [1.165, 1.54) is 10.6 Å². The average molecular weight is 236 g/mol. The molecule has 92 valence electrons. The van der Waals surface area contributed by atoms with Gasteiger partial charge in [0.1, 0.15) is 5.82 Å². The lowest BCUT2D eigenvalue weighted by Gasteiger charge is -2.10. The molecule has 0 fully saturated rings. The summed E-state index contributed by atoms with van der Waals surface area (Å²) in [6.07, 6.45) is 0. The normalized spacial score (nSPS) is 10.1. The second-order valence-electron chi connectivity index (χ2n) is 3.69. The standard InChI is InChI=1S/C12H16N2O3/c1-5-17-12(16)8(2)7-14-10(4)13-9(3)6-11(14)15/h6H,2,5,7H2,1,3-4H3. The molecule has 0 aliphatic carbocycles. The average Bonchev–Trinajstić information content (AvgIpc) is 2.23. The van der Waals surface area contributed by atoms with Gasteiger partial charge in [0.2, 0.25) is 0 Å². The third-order valence-electron chi connectivity index (χ3n) is 2.24. The van der Waals surface area contributed by atoms with Crippen molar-refractivity contribution in [1.29, 1.82) is 0 Å². The molecule has 0 saturated heterocycles. The van der Waals surface area contributed by atoms with E-state index in [0.29, 0.717) is 11.5 Å². The monoisotopic (exact) mass is 236 g/mol. The van der Waals surface area contributed by atoms with E-state index >= 15 is 0 Å². The van der Waals surface area contributed by atoms with Crippen LogP contribution in [-0.4, -0.2) is 22.1 Å². The third kappa shape index (κ3) is 3.27. The summed E-state index contributed by atoms with van der Waals surface area (Å²) in [4.78, 5) is 27.2. The summed E-state index contributed by atoms with van der Waals surface area (Å²) in [5.41, 5.74) is 0.702. The van der Waals surface area contributed by atoms with Crippen molar-refractivity contribution < 1.29 is 9.53 Å². The van der Waals surface area contributed by atoms with Crippen LogP contribution in [0.25, 0.3) is 0 Å². The molecule has 0 unspecified atom stereocenters. The second-order valence-corrected chi connectivity index (χ2v) is 3.69. The van der Waals surface area contributed by atoms with Gasteiger partial charge in [-0.1, -0.05) is 6.58 Å². The molecule has 0 bridgehead atoms. The second kappa shape index (κ2) is 5.43. The van der Waals surface area contributed by atoms with E-state index in [1.807, 2.05) is 0 Å². The van der Waals surface area contributed by atoms with Crippen LogP contribution in [0, 0.1) is 13.8 Å². The molecule has 0 aromatic carbocycles. The molecule has 0 spiro atoms. The van der Waals surface area contributed by atoms with Crippen LogP contribution in [0.5, 0.6) is 0 Å². The molecule has 0 aliphatic heterocycles. The van der Waals surface area contributed by atoms with E-state index < -0.39 is 5.97 Å². The van der Waals surface area contributed by atoms with Crippen LogP contribution in [0.4, 0.5) is 0 Å². The first-order chi connectivity index (χ1) is 7.95. The van der Waals surface area contributed by atoms with Crippen molar-refractivity contribution in [2.24, 2.45) is 0 Å². The van der Waals surface area contributed by atoms with E-state index in [2.05, 4.69) is 11.6 Å². The first kappa shape index (κ1) is 13.2. The smallest absolute Gasteiger partial charge is 0.335 e. The maximum atomic E-state index is 11.7. The Balaban J connectivity index is 2.93. The van der Waals surface area contributed by atoms with Crippen molar-refractivity contribution in [1.82, 2.24) is 9.55 Å². The summed E-state index contributed by atoms with van der Waals surface area (Å²) in [6.45, 7) is 9.19. The third-order valence-corrected chi connectivity index (χ3v) is 2.24. The van der Waals surface area contributed by atoms with Crippen LogP contribution < -0.4 is 5.56 Å². The summed E-state index contributed by atoms with van der Waals surface area (Å²) >= 11 is 0. The van der Waals surface area contributed by atoms with E-state index in [-0.39, 0.29) is 24.3 Å². The van der Waals surface area contributed by atoms with Gasteiger partial charge in [-0.25, -0.2) is 9.78 Å². The number of hydrogen-bond acceptors (Lipinski definition) is 4. The van der Waals surface area contributed by atoms with Gasteiger partial charge in [0.25, 0.3) is 5.56 Å². The summed E-state index contributed by atoms with van der Waals surface area (Å²) < 4.78 is 6.20. The molecule has 0 saturated carbocycles. The molecule has 0 N–H and O–H groups in total. The van der Waals surface area contributed by atoms with Crippen LogP contribution in [-0.2, 0) is 16.1 Å². The first-order valence-corrected chi connectivity index (χ1v) is 5.35. The minimum Gasteiger partial charge on any atom is -0.463 e. The summed E-state index contributed by atoms with van der Waals surface area (Å²) in [5.74, 6) is 0.0693. The fourth-order valence-corrected chi connectivity index (χ4v) is 1.44. The van der Waals surface area contributed by atoms with Crippen molar-refractivity contribution in [2.45, 2.75) is 27.3 Å². The van der Waals surface area contributed by atoms with Crippen molar-refractivity contribution in [3.63, 3.8) is 0 Å². The lowest BCUT2D eigenvalue weighted by atomic mass is 10.3. The van der Waals surface area contributed by atoms with Crippen LogP contribution in [0.3, 0.4) is 0 Å². The van der Waals surface area contributed by atoms with E-state index in [9.17, 15) is 9.59 Å². The molecule has 1 heterocycles. The van der Waals surface area contributed by atoms with E-state index in [0.717, 1.165) is 0 Å². The molecule has 0 aliphatic rings. The highest BCUT2D eigenvalue weighted by atomic mass is 16.5. The molecular weight excluding hydrogens is 220 g/mol. The molecule has 0 atom stereocenters. The molecule has 5 heteroatoms. The van der Waals surface area contributed by atoms with Crippen LogP contribution in [0.15, 0.2) is 23.0 Å². The van der Waals surface area contributed by atoms with Crippen molar-refractivity contribution >= 4 is 5.97 Å². The minimum atomic E-state index is -0.487. The SMILES string of the molecule is C=C(Cn1c(C)nc(C)cc1=O)C(=O)OCC. The lowest BCUT2D eigenvalue weighted by molar-refractivity contribution is -0.138. The molecule has 1 rings (SSSR count). The van der Waals surface area contributed by atoms with Gasteiger partial charge < -0.3 is 4.74 Å². The van der Waals surface area contributed by atoms with Gasteiger partial charge in [0, 0.05) is 17.3 Å². The van der Waals surface area contributed by atoms with Crippen LogP contribution in [0.2, 0.25) is 0 Å². The Morgan fingerprint density at radius 3 is 2.71 bits per heavy atom. The quantitative estimate of drug-likeness (QED) is 0.577. The number of aromatic nitrogens is 2. The van der Waals surface area contributed by atoms with E-state index in [4.69, 9.17) is 4.74 Å². The number of nitrogens with zero attached hydrogens (tertiary/aromatic N) is 2. The summed E-state index contributed by atoms with van der Waals surface area (Å²) in [6, 6.07) is 1.42. The largest absolute Gasteiger partial charge is 0.463 e. The van der Waals surface area contributed by atoms with Gasteiger partial charge >= 0.3 is 5.97 Å². The summed E-state index contributed by atoms with van der Waals surface area (Å²) in [7, 11) is 0. The molecule has 1 aromatic rings. The fraction of sp³-hybridized carbons (Fsp3) is 0.417. The molecule has 17 heavy (non-hydrogen) atoms. The fourth-order valence-electron chi connectivity index (χ4n) is 1.44. The predicted octanol–water partition coefficient (Wildman–Crippen LogP) is 0.979. The Bertz CT molecular complexity index is 503. The number of carbonyl (C=O) groups excluding carboxylic acids is 1. The molecule has 5 nitrogen and oxygen atoms in total. The molecular formula is C12H16N2O3. The molecule has 0 amide bonds. The summed E-state index contributed by atoms with van der Waals surface area (Å²) in [5, 5.41) is 0. The highest BCUT2D eigenvalue weighted by Crippen LogP contribution is 2.01. The lowest BCUT2D eigenvalue weighted by Crippen LogP contribution is -2.26. The zero-order valence-electron chi connectivity index (χ0n) is 10.3. The Morgan fingerprint density at radius 2 is 2.18 bits per heavy atom. The zero-order chi connectivity index (χ0) is 13.0. The maximum absolute atomic E-state index is 11.7. The van der Waals surface area contributed by atoms with Gasteiger partial charge in [-0.15, -0.1) is 0 Å². The van der Waals surface area contributed by atoms with Gasteiger partial charge in [-0.3, -0.25) is 9.36 Å². The zero-order valence-corrected chi connectivity index (χ0v) is 10.3. The highest BCUT2D eigenvalue weighted by Gasteiger charge is 2.11. The Morgan fingerprint density at radius 1 is 1.53 bits per heavy atom. The van der Waals surface area contributed by atoms with Gasteiger partial charge in [0.15, 0.2) is 0 Å². The van der Waals surface area contributed by atoms with E-state index in [1.54, 1.807) is 20.8 Å². The maximum Gasteiger partial charge on any atom is 0.335 e. The number of ether oxygens (including phenoxy) is 1. The first-order valence-electron chi connectivity index (χ1n) is 5.35. The van der Waals surface area contributed by atoms with Crippen LogP contribution >= 0.6 is 0 Å². The Kier molecular flexibility index (Phi) is 4.20. The van der Waals surface area contributed by atoms with Crippen LogP contribution in [0.1, 0.15) is 18.4 Å². The molecule has 1 aromatic heterocycles. The number of aryl methyl sites for hydroxylation is 2. The van der Waals surface area contributed by atoms with Gasteiger partial charge in [-0.05, 0) is 20.8 Å².